The molecule has 1 aromatic heterocycles. The van der Waals surface area contributed by atoms with Crippen molar-refractivity contribution >= 4 is 0 Å². The molecule has 0 aliphatic heterocycles. The van der Waals surface area contributed by atoms with Crippen molar-refractivity contribution in [2.75, 3.05) is 19.8 Å². The van der Waals surface area contributed by atoms with E-state index in [0.29, 0.717) is 31.9 Å². The average Bonchev–Trinajstić information content (AvgIpc) is 2.57. The monoisotopic (exact) mass is 332 g/mol. The van der Waals surface area contributed by atoms with Crippen LogP contribution in [-0.4, -0.2) is 24.7 Å². The maximum Gasteiger partial charge on any atom is 0.207 e. The Morgan fingerprint density at radius 2 is 1.83 bits per heavy atom. The van der Waals surface area contributed by atoms with Crippen LogP contribution in [0.2, 0.25) is 0 Å². The van der Waals surface area contributed by atoms with Crippen molar-refractivity contribution in [3.63, 3.8) is 0 Å². The molecule has 0 unspecified atom stereocenters. The van der Waals surface area contributed by atoms with Crippen LogP contribution in [0.1, 0.15) is 30.7 Å². The Balaban J connectivity index is 2.18. The lowest BCUT2D eigenvalue weighted by molar-refractivity contribution is -0.239. The number of nitrogens with one attached hydrogen (secondary N) is 1. The van der Waals surface area contributed by atoms with Gasteiger partial charge in [-0.2, -0.15) is 0 Å². The van der Waals surface area contributed by atoms with Gasteiger partial charge in [0, 0.05) is 42.8 Å². The average molecular weight is 332 g/mol. The van der Waals surface area contributed by atoms with Crippen molar-refractivity contribution in [1.29, 1.82) is 0 Å². The number of hydrogen-bond donors (Lipinski definition) is 1. The standard InChI is InChI=1S/C19H25FN2O2/c1-4-23-19(24-5-2,17-10-11-22-15(3)12-17)14-21-13-16-8-6-7-9-18(16)20/h6-12,21H,4-5,13-14H2,1-3H3. The molecule has 1 aromatic carbocycles. The van der Waals surface area contributed by atoms with Crippen molar-refractivity contribution in [2.24, 2.45) is 0 Å². The third kappa shape index (κ3) is 4.60. The Morgan fingerprint density at radius 3 is 2.46 bits per heavy atom. The molecule has 0 amide bonds. The second-order valence-corrected chi connectivity index (χ2v) is 5.50. The molecule has 2 aromatic rings. The molecule has 0 atom stereocenters. The molecule has 1 heterocycles. The Bertz CT molecular complexity index is 643. The van der Waals surface area contributed by atoms with Crippen LogP contribution in [0.25, 0.3) is 0 Å². The molecule has 0 aliphatic carbocycles. The van der Waals surface area contributed by atoms with Crippen molar-refractivity contribution in [3.05, 3.63) is 65.2 Å². The van der Waals surface area contributed by atoms with Gasteiger partial charge in [-0.25, -0.2) is 4.39 Å². The summed E-state index contributed by atoms with van der Waals surface area (Å²) in [6.45, 7) is 7.60. The first-order valence-corrected chi connectivity index (χ1v) is 8.26. The van der Waals surface area contributed by atoms with Crippen LogP contribution in [0.4, 0.5) is 4.39 Å². The summed E-state index contributed by atoms with van der Waals surface area (Å²) in [4.78, 5) is 4.23. The Morgan fingerprint density at radius 1 is 1.12 bits per heavy atom. The smallest absolute Gasteiger partial charge is 0.207 e. The highest BCUT2D eigenvalue weighted by Gasteiger charge is 2.33. The minimum Gasteiger partial charge on any atom is -0.345 e. The lowest BCUT2D eigenvalue weighted by Crippen LogP contribution is -2.43. The van der Waals surface area contributed by atoms with E-state index in [1.807, 2.05) is 39.0 Å². The number of nitrogens with zero attached hydrogens (tertiary/aromatic N) is 1. The highest BCUT2D eigenvalue weighted by Crippen LogP contribution is 2.27. The van der Waals surface area contributed by atoms with Crippen molar-refractivity contribution < 1.29 is 13.9 Å². The van der Waals surface area contributed by atoms with Gasteiger partial charge in [0.15, 0.2) is 0 Å². The first-order valence-electron chi connectivity index (χ1n) is 8.26. The predicted molar refractivity (Wildman–Crippen MR) is 92.0 cm³/mol. The van der Waals surface area contributed by atoms with Crippen LogP contribution >= 0.6 is 0 Å². The number of pyridine rings is 1. The first-order chi connectivity index (χ1) is 11.6. The third-order valence-corrected chi connectivity index (χ3v) is 3.72. The maximum atomic E-state index is 13.8. The fraction of sp³-hybridized carbons (Fsp3) is 0.421. The number of halogens is 1. The van der Waals surface area contributed by atoms with E-state index in [1.54, 1.807) is 18.3 Å². The van der Waals surface area contributed by atoms with Crippen LogP contribution in [0.3, 0.4) is 0 Å². The van der Waals surface area contributed by atoms with Gasteiger partial charge in [0.2, 0.25) is 5.79 Å². The molecule has 0 aliphatic rings. The Labute approximate surface area is 143 Å². The van der Waals surface area contributed by atoms with Crippen molar-refractivity contribution in [1.82, 2.24) is 10.3 Å². The zero-order chi connectivity index (χ0) is 17.4. The highest BCUT2D eigenvalue weighted by molar-refractivity contribution is 5.22. The second-order valence-electron chi connectivity index (χ2n) is 5.50. The molecule has 0 saturated heterocycles. The van der Waals surface area contributed by atoms with E-state index in [2.05, 4.69) is 10.3 Å². The molecule has 24 heavy (non-hydrogen) atoms. The Kier molecular flexibility index (Phi) is 6.85. The van der Waals surface area contributed by atoms with Crippen LogP contribution in [0, 0.1) is 12.7 Å². The van der Waals surface area contributed by atoms with Gasteiger partial charge in [-0.15, -0.1) is 0 Å². The quantitative estimate of drug-likeness (QED) is 0.713. The van der Waals surface area contributed by atoms with Gasteiger partial charge in [-0.1, -0.05) is 18.2 Å². The maximum absolute atomic E-state index is 13.8. The SMILES string of the molecule is CCOC(CNCc1ccccc1F)(OCC)c1ccnc(C)c1. The van der Waals surface area contributed by atoms with E-state index < -0.39 is 5.79 Å². The van der Waals surface area contributed by atoms with Gasteiger partial charge in [-0.3, -0.25) is 4.98 Å². The first kappa shape index (κ1) is 18.5. The van der Waals surface area contributed by atoms with E-state index >= 15 is 0 Å². The van der Waals surface area contributed by atoms with Gasteiger partial charge in [0.05, 0.1) is 6.54 Å². The van der Waals surface area contributed by atoms with Crippen LogP contribution in [0.15, 0.2) is 42.6 Å². The molecule has 1 N–H and O–H groups in total. The molecular formula is C19H25FN2O2. The van der Waals surface area contributed by atoms with Crippen molar-refractivity contribution in [2.45, 2.75) is 33.1 Å². The number of hydrogen-bond acceptors (Lipinski definition) is 4. The fourth-order valence-electron chi connectivity index (χ4n) is 2.66. The summed E-state index contributed by atoms with van der Waals surface area (Å²) < 4.78 is 25.7. The van der Waals surface area contributed by atoms with Gasteiger partial charge in [-0.05, 0) is 39.0 Å². The van der Waals surface area contributed by atoms with Gasteiger partial charge >= 0.3 is 0 Å². The van der Waals surface area contributed by atoms with Gasteiger partial charge in [0.1, 0.15) is 5.82 Å². The molecule has 130 valence electrons. The largest absolute Gasteiger partial charge is 0.345 e. The molecule has 0 radical (unpaired) electrons. The number of aromatic nitrogens is 1. The molecule has 0 saturated carbocycles. The van der Waals surface area contributed by atoms with Gasteiger partial charge in [0.25, 0.3) is 0 Å². The molecule has 0 fully saturated rings. The summed E-state index contributed by atoms with van der Waals surface area (Å²) in [7, 11) is 0. The van der Waals surface area contributed by atoms with Crippen LogP contribution in [-0.2, 0) is 21.8 Å². The molecule has 0 bridgehead atoms. The van der Waals surface area contributed by atoms with E-state index in [-0.39, 0.29) is 5.82 Å². The fourth-order valence-corrected chi connectivity index (χ4v) is 2.66. The summed E-state index contributed by atoms with van der Waals surface area (Å²) in [6, 6.07) is 10.6. The lowest BCUT2D eigenvalue weighted by atomic mass is 10.1. The summed E-state index contributed by atoms with van der Waals surface area (Å²) >= 11 is 0. The normalized spacial score (nSPS) is 11.7. The van der Waals surface area contributed by atoms with E-state index in [9.17, 15) is 4.39 Å². The van der Waals surface area contributed by atoms with Crippen LogP contribution < -0.4 is 5.32 Å². The van der Waals surface area contributed by atoms with E-state index in [1.165, 1.54) is 6.07 Å². The zero-order valence-electron chi connectivity index (χ0n) is 14.5. The molecule has 2 rings (SSSR count). The summed E-state index contributed by atoms with van der Waals surface area (Å²) in [6.07, 6.45) is 1.74. The highest BCUT2D eigenvalue weighted by atomic mass is 19.1. The van der Waals surface area contributed by atoms with Crippen LogP contribution in [0.5, 0.6) is 0 Å². The summed E-state index contributed by atoms with van der Waals surface area (Å²) in [5.74, 6) is -1.13. The minimum atomic E-state index is -0.914. The Hall–Kier alpha value is -1.82. The third-order valence-electron chi connectivity index (χ3n) is 3.72. The minimum absolute atomic E-state index is 0.219. The molecule has 4 nitrogen and oxygen atoms in total. The zero-order valence-corrected chi connectivity index (χ0v) is 14.5. The number of ether oxygens (including phenoxy) is 2. The number of aryl methyl sites for hydroxylation is 1. The van der Waals surface area contributed by atoms with E-state index in [4.69, 9.17) is 9.47 Å². The molecular weight excluding hydrogens is 307 g/mol. The van der Waals surface area contributed by atoms with Crippen molar-refractivity contribution in [3.8, 4) is 0 Å². The lowest BCUT2D eigenvalue weighted by Gasteiger charge is -2.34. The summed E-state index contributed by atoms with van der Waals surface area (Å²) in [5, 5.41) is 3.26. The second kappa shape index (κ2) is 8.87. The molecule has 0 spiro atoms. The summed E-state index contributed by atoms with van der Waals surface area (Å²) in [5.41, 5.74) is 2.41. The number of rotatable bonds is 9. The number of benzene rings is 1. The van der Waals surface area contributed by atoms with Gasteiger partial charge < -0.3 is 14.8 Å². The topological polar surface area (TPSA) is 43.4 Å². The predicted octanol–water partition coefficient (Wildman–Crippen LogP) is 3.54. The molecule has 5 heteroatoms. The van der Waals surface area contributed by atoms with E-state index in [0.717, 1.165) is 11.3 Å².